The number of primary amides is 1. The Kier molecular flexibility index (Phi) is 4.57. The van der Waals surface area contributed by atoms with Crippen molar-refractivity contribution >= 4 is 45.2 Å². The first-order valence-corrected chi connectivity index (χ1v) is 5.44. The van der Waals surface area contributed by atoms with Crippen LogP contribution in [0.25, 0.3) is 0 Å². The van der Waals surface area contributed by atoms with Gasteiger partial charge in [0, 0.05) is 9.50 Å². The molecule has 5 nitrogen and oxygen atoms in total. The summed E-state index contributed by atoms with van der Waals surface area (Å²) in [5.41, 5.74) is 5.45. The fourth-order valence-corrected chi connectivity index (χ4v) is 1.55. The molecule has 0 radical (unpaired) electrons. The monoisotopic (exact) mass is 305 g/mol. The van der Waals surface area contributed by atoms with Gasteiger partial charge in [0.2, 0.25) is 5.91 Å². The minimum absolute atomic E-state index is 0.0676. The Bertz CT molecular complexity index is 425. The summed E-state index contributed by atoms with van der Waals surface area (Å²) in [6.07, 6.45) is 0. The van der Waals surface area contributed by atoms with E-state index in [0.717, 1.165) is 4.47 Å². The van der Waals surface area contributed by atoms with Gasteiger partial charge in [0.1, 0.15) is 0 Å². The molecule has 0 saturated heterocycles. The summed E-state index contributed by atoms with van der Waals surface area (Å²) in [5.74, 6) is -0.514. The van der Waals surface area contributed by atoms with Gasteiger partial charge >= 0.3 is 6.03 Å². The summed E-state index contributed by atoms with van der Waals surface area (Å²) in [5, 5.41) is 5.29. The van der Waals surface area contributed by atoms with Gasteiger partial charge in [0.05, 0.1) is 12.2 Å². The predicted molar refractivity (Wildman–Crippen MR) is 65.4 cm³/mol. The van der Waals surface area contributed by atoms with Crippen LogP contribution >= 0.6 is 27.5 Å². The lowest BCUT2D eigenvalue weighted by atomic mass is 10.3. The average molecular weight is 307 g/mol. The standard InChI is InChI=1S/C9H9BrClN3O2/c10-6-2-1-5(11)3-7(6)13-4-8(15)14-9(12)16/h1-3,13H,4H2,(H3,12,14,15,16). The molecule has 7 heteroatoms. The minimum atomic E-state index is -0.878. The van der Waals surface area contributed by atoms with E-state index in [4.69, 9.17) is 17.3 Å². The number of amides is 3. The highest BCUT2D eigenvalue weighted by molar-refractivity contribution is 9.10. The Labute approximate surface area is 105 Å². The number of urea groups is 1. The third kappa shape index (κ3) is 4.08. The van der Waals surface area contributed by atoms with Crippen molar-refractivity contribution in [3.63, 3.8) is 0 Å². The largest absolute Gasteiger partial charge is 0.375 e. The molecule has 0 spiro atoms. The first-order valence-electron chi connectivity index (χ1n) is 4.27. The molecule has 3 amide bonds. The van der Waals surface area contributed by atoms with E-state index in [9.17, 15) is 9.59 Å². The SMILES string of the molecule is NC(=O)NC(=O)CNc1cc(Cl)ccc1Br. The third-order valence-electron chi connectivity index (χ3n) is 1.63. The summed E-state index contributed by atoms with van der Waals surface area (Å²) < 4.78 is 0.767. The van der Waals surface area contributed by atoms with Crippen molar-refractivity contribution in [1.29, 1.82) is 0 Å². The van der Waals surface area contributed by atoms with Crippen LogP contribution in [0.5, 0.6) is 0 Å². The lowest BCUT2D eigenvalue weighted by Gasteiger charge is -2.08. The number of halogens is 2. The Hall–Kier alpha value is -1.27. The van der Waals surface area contributed by atoms with Gasteiger partial charge in [0.15, 0.2) is 0 Å². The quantitative estimate of drug-likeness (QED) is 0.795. The van der Waals surface area contributed by atoms with Gasteiger partial charge in [-0.25, -0.2) is 4.79 Å². The van der Waals surface area contributed by atoms with Gasteiger partial charge in [-0.2, -0.15) is 0 Å². The number of imide groups is 1. The van der Waals surface area contributed by atoms with E-state index >= 15 is 0 Å². The van der Waals surface area contributed by atoms with Gasteiger partial charge in [-0.1, -0.05) is 11.6 Å². The topological polar surface area (TPSA) is 84.2 Å². The lowest BCUT2D eigenvalue weighted by Crippen LogP contribution is -2.38. The molecule has 1 aromatic rings. The molecule has 0 fully saturated rings. The van der Waals surface area contributed by atoms with Gasteiger partial charge < -0.3 is 11.1 Å². The zero-order valence-corrected chi connectivity index (χ0v) is 10.4. The Morgan fingerprint density at radius 1 is 1.44 bits per heavy atom. The van der Waals surface area contributed by atoms with Crippen LogP contribution < -0.4 is 16.4 Å². The van der Waals surface area contributed by atoms with Crippen molar-refractivity contribution in [3.05, 3.63) is 27.7 Å². The smallest absolute Gasteiger partial charge is 0.318 e. The second-order valence-electron chi connectivity index (χ2n) is 2.89. The Balaban J connectivity index is 2.57. The zero-order valence-electron chi connectivity index (χ0n) is 8.09. The maximum atomic E-state index is 11.1. The number of hydrogen-bond donors (Lipinski definition) is 3. The molecule has 0 atom stereocenters. The summed E-state index contributed by atoms with van der Waals surface area (Å²) in [6.45, 7) is -0.0676. The highest BCUT2D eigenvalue weighted by atomic mass is 79.9. The molecular weight excluding hydrogens is 297 g/mol. The predicted octanol–water partition coefficient (Wildman–Crippen LogP) is 1.71. The number of nitrogens with two attached hydrogens (primary N) is 1. The van der Waals surface area contributed by atoms with Gasteiger partial charge in [-0.05, 0) is 34.1 Å². The van der Waals surface area contributed by atoms with Gasteiger partial charge in [-0.15, -0.1) is 0 Å². The number of carbonyl (C=O) groups excluding carboxylic acids is 2. The second-order valence-corrected chi connectivity index (χ2v) is 4.18. The minimum Gasteiger partial charge on any atom is -0.375 e. The molecule has 0 heterocycles. The van der Waals surface area contributed by atoms with Crippen LogP contribution in [0.3, 0.4) is 0 Å². The summed E-state index contributed by atoms with van der Waals surface area (Å²) >= 11 is 9.07. The van der Waals surface area contributed by atoms with Crippen LogP contribution in [0.2, 0.25) is 5.02 Å². The van der Waals surface area contributed by atoms with Crippen molar-refractivity contribution in [2.75, 3.05) is 11.9 Å². The summed E-state index contributed by atoms with van der Waals surface area (Å²) in [7, 11) is 0. The summed E-state index contributed by atoms with van der Waals surface area (Å²) in [6, 6.07) is 4.23. The van der Waals surface area contributed by atoms with E-state index in [0.29, 0.717) is 10.7 Å². The first-order chi connectivity index (χ1) is 7.49. The fourth-order valence-electron chi connectivity index (χ4n) is 0.990. The van der Waals surface area contributed by atoms with Crippen molar-refractivity contribution < 1.29 is 9.59 Å². The van der Waals surface area contributed by atoms with Crippen molar-refractivity contribution in [2.45, 2.75) is 0 Å². The van der Waals surface area contributed by atoms with E-state index in [-0.39, 0.29) is 6.54 Å². The molecule has 0 bridgehead atoms. The molecule has 16 heavy (non-hydrogen) atoms. The van der Waals surface area contributed by atoms with Gasteiger partial charge in [-0.3, -0.25) is 10.1 Å². The van der Waals surface area contributed by atoms with E-state index in [1.807, 2.05) is 5.32 Å². The normalized spacial score (nSPS) is 9.62. The van der Waals surface area contributed by atoms with E-state index < -0.39 is 11.9 Å². The van der Waals surface area contributed by atoms with Crippen molar-refractivity contribution in [2.24, 2.45) is 5.73 Å². The highest BCUT2D eigenvalue weighted by Gasteiger charge is 2.05. The molecule has 0 aromatic heterocycles. The molecular formula is C9H9BrClN3O2. The molecule has 0 aliphatic carbocycles. The van der Waals surface area contributed by atoms with Gasteiger partial charge in [0.25, 0.3) is 0 Å². The molecule has 0 aliphatic rings. The number of nitrogens with one attached hydrogen (secondary N) is 2. The maximum absolute atomic E-state index is 11.1. The molecule has 1 aromatic carbocycles. The number of rotatable bonds is 3. The summed E-state index contributed by atoms with van der Waals surface area (Å²) in [4.78, 5) is 21.5. The number of carbonyl (C=O) groups is 2. The van der Waals surface area contributed by atoms with E-state index in [1.54, 1.807) is 18.2 Å². The van der Waals surface area contributed by atoms with E-state index in [1.165, 1.54) is 0 Å². The molecule has 1 rings (SSSR count). The van der Waals surface area contributed by atoms with Crippen LogP contribution in [0.4, 0.5) is 10.5 Å². The number of hydrogen-bond acceptors (Lipinski definition) is 3. The first kappa shape index (κ1) is 12.8. The van der Waals surface area contributed by atoms with Crippen molar-refractivity contribution in [1.82, 2.24) is 5.32 Å². The molecule has 0 unspecified atom stereocenters. The van der Waals surface area contributed by atoms with E-state index in [2.05, 4.69) is 21.2 Å². The van der Waals surface area contributed by atoms with Crippen LogP contribution in [0, 0.1) is 0 Å². The Morgan fingerprint density at radius 3 is 2.75 bits per heavy atom. The molecule has 0 saturated carbocycles. The van der Waals surface area contributed by atoms with Crippen LogP contribution in [-0.4, -0.2) is 18.5 Å². The lowest BCUT2D eigenvalue weighted by molar-refractivity contribution is -0.118. The molecule has 4 N–H and O–H groups in total. The Morgan fingerprint density at radius 2 is 2.12 bits per heavy atom. The molecule has 0 aliphatic heterocycles. The number of benzene rings is 1. The maximum Gasteiger partial charge on any atom is 0.318 e. The highest BCUT2D eigenvalue weighted by Crippen LogP contribution is 2.25. The fraction of sp³-hybridized carbons (Fsp3) is 0.111. The third-order valence-corrected chi connectivity index (χ3v) is 2.56. The van der Waals surface area contributed by atoms with Crippen LogP contribution in [-0.2, 0) is 4.79 Å². The zero-order chi connectivity index (χ0) is 12.1. The van der Waals surface area contributed by atoms with Crippen LogP contribution in [0.1, 0.15) is 0 Å². The second kappa shape index (κ2) is 5.72. The van der Waals surface area contributed by atoms with Crippen molar-refractivity contribution in [3.8, 4) is 0 Å². The molecule has 86 valence electrons. The number of anilines is 1. The van der Waals surface area contributed by atoms with Crippen LogP contribution in [0.15, 0.2) is 22.7 Å². The average Bonchev–Trinajstić information content (AvgIpc) is 2.18.